The number of nitrogens with zero attached hydrogens (tertiary/aromatic N) is 2. The number of rotatable bonds is 3. The van der Waals surface area contributed by atoms with Gasteiger partial charge in [-0.2, -0.15) is 0 Å². The predicted octanol–water partition coefficient (Wildman–Crippen LogP) is 2.06. The molecule has 0 aromatic carbocycles. The third-order valence-electron chi connectivity index (χ3n) is 2.53. The molecule has 2 atom stereocenters. The number of aliphatic imine (C=N–C) groups is 2. The fourth-order valence-corrected chi connectivity index (χ4v) is 1.67. The molecule has 1 heterocycles. The Kier molecular flexibility index (Phi) is 4.52. The van der Waals surface area contributed by atoms with E-state index >= 15 is 0 Å². The van der Waals surface area contributed by atoms with Crippen molar-refractivity contribution in [1.82, 2.24) is 0 Å². The molecule has 4 nitrogen and oxygen atoms in total. The van der Waals surface area contributed by atoms with Crippen LogP contribution in [0, 0.1) is 5.92 Å². The summed E-state index contributed by atoms with van der Waals surface area (Å²) in [4.78, 5) is 9.06. The molecule has 0 spiro atoms. The molecule has 90 valence electrons. The molecule has 0 aromatic rings. The largest absolute Gasteiger partial charge is 0.483 e. The van der Waals surface area contributed by atoms with E-state index < -0.39 is 0 Å². The van der Waals surface area contributed by atoms with Gasteiger partial charge >= 0.3 is 0 Å². The fourth-order valence-electron chi connectivity index (χ4n) is 1.67. The highest BCUT2D eigenvalue weighted by molar-refractivity contribution is 5.94. The molecular formula is C12H20N2O2. The molecule has 0 radical (unpaired) electrons. The monoisotopic (exact) mass is 224 g/mol. The molecule has 16 heavy (non-hydrogen) atoms. The first-order valence-corrected chi connectivity index (χ1v) is 5.48. The molecule has 0 aliphatic carbocycles. The topological polar surface area (TPSA) is 43.2 Å². The van der Waals surface area contributed by atoms with Gasteiger partial charge in [0.25, 0.3) is 0 Å². The van der Waals surface area contributed by atoms with Crippen LogP contribution in [0.1, 0.15) is 20.3 Å². The van der Waals surface area contributed by atoms with Gasteiger partial charge in [-0.05, 0) is 12.3 Å². The molecule has 1 aliphatic rings. The Morgan fingerprint density at radius 2 is 1.88 bits per heavy atom. The van der Waals surface area contributed by atoms with Crippen molar-refractivity contribution < 1.29 is 9.47 Å². The zero-order valence-electron chi connectivity index (χ0n) is 10.4. The molecule has 1 rings (SSSR count). The van der Waals surface area contributed by atoms with Crippen LogP contribution >= 0.6 is 0 Å². The lowest BCUT2D eigenvalue weighted by Crippen LogP contribution is -2.37. The molecule has 0 unspecified atom stereocenters. The molecule has 0 fully saturated rings. The first kappa shape index (κ1) is 12.7. The second-order valence-electron chi connectivity index (χ2n) is 4.07. The van der Waals surface area contributed by atoms with Crippen LogP contribution in [0.4, 0.5) is 0 Å². The van der Waals surface area contributed by atoms with Gasteiger partial charge in [-0.25, -0.2) is 9.98 Å². The van der Waals surface area contributed by atoms with E-state index in [9.17, 15) is 0 Å². The SMILES string of the molecule is C=CC[C@H]1N=C(OC)[C@H](C(C)C)N=C1OC. The molecule has 0 N–H and O–H groups in total. The summed E-state index contributed by atoms with van der Waals surface area (Å²) in [5.74, 6) is 1.69. The standard InChI is InChI=1S/C12H20N2O2/c1-6-7-9-11(15-4)14-10(8(2)3)12(13-9)16-5/h6,8-10H,1,7H2,2-5H3/t9-,10+/m1/s1. The third-order valence-corrected chi connectivity index (χ3v) is 2.53. The van der Waals surface area contributed by atoms with Crippen LogP contribution in [0.3, 0.4) is 0 Å². The van der Waals surface area contributed by atoms with Crippen molar-refractivity contribution in [3.8, 4) is 0 Å². The van der Waals surface area contributed by atoms with Gasteiger partial charge in [0, 0.05) is 0 Å². The van der Waals surface area contributed by atoms with E-state index in [0.717, 1.165) is 0 Å². The maximum atomic E-state index is 5.29. The molecule has 1 aliphatic heterocycles. The van der Waals surface area contributed by atoms with Crippen LogP contribution in [0.15, 0.2) is 22.6 Å². The van der Waals surface area contributed by atoms with Gasteiger partial charge in [0.1, 0.15) is 12.1 Å². The Morgan fingerprint density at radius 3 is 2.31 bits per heavy atom. The lowest BCUT2D eigenvalue weighted by atomic mass is 10.0. The summed E-state index contributed by atoms with van der Waals surface area (Å²) in [6.45, 7) is 7.88. The van der Waals surface area contributed by atoms with Gasteiger partial charge < -0.3 is 9.47 Å². The van der Waals surface area contributed by atoms with E-state index in [2.05, 4.69) is 30.4 Å². The summed E-state index contributed by atoms with van der Waals surface area (Å²) in [5.41, 5.74) is 0. The highest BCUT2D eigenvalue weighted by Gasteiger charge is 2.29. The molecule has 0 saturated heterocycles. The minimum absolute atomic E-state index is 0.0407. The first-order valence-electron chi connectivity index (χ1n) is 5.48. The van der Waals surface area contributed by atoms with Gasteiger partial charge in [0.15, 0.2) is 0 Å². The number of hydrogen-bond acceptors (Lipinski definition) is 4. The summed E-state index contributed by atoms with van der Waals surface area (Å²) in [7, 11) is 3.26. The summed E-state index contributed by atoms with van der Waals surface area (Å²) >= 11 is 0. The van der Waals surface area contributed by atoms with Gasteiger partial charge in [-0.15, -0.1) is 6.58 Å². The first-order chi connectivity index (χ1) is 7.63. The van der Waals surface area contributed by atoms with Gasteiger partial charge in [-0.1, -0.05) is 19.9 Å². The average molecular weight is 224 g/mol. The molecule has 4 heteroatoms. The maximum absolute atomic E-state index is 5.29. The van der Waals surface area contributed by atoms with Crippen LogP contribution in [-0.2, 0) is 9.47 Å². The van der Waals surface area contributed by atoms with Gasteiger partial charge in [-0.3, -0.25) is 0 Å². The third kappa shape index (κ3) is 2.62. The molecule has 0 bridgehead atoms. The van der Waals surface area contributed by atoms with Crippen LogP contribution in [0.25, 0.3) is 0 Å². The minimum Gasteiger partial charge on any atom is -0.483 e. The fraction of sp³-hybridized carbons (Fsp3) is 0.667. The van der Waals surface area contributed by atoms with Crippen LogP contribution in [-0.4, -0.2) is 38.1 Å². The number of hydrogen-bond donors (Lipinski definition) is 0. The molecular weight excluding hydrogens is 204 g/mol. The lowest BCUT2D eigenvalue weighted by molar-refractivity contribution is 0.333. The minimum atomic E-state index is -0.0903. The van der Waals surface area contributed by atoms with Crippen LogP contribution < -0.4 is 0 Å². The summed E-state index contributed by atoms with van der Waals surface area (Å²) in [6.07, 6.45) is 2.52. The summed E-state index contributed by atoms with van der Waals surface area (Å²) in [5, 5.41) is 0. The summed E-state index contributed by atoms with van der Waals surface area (Å²) < 4.78 is 10.6. The normalized spacial score (nSPS) is 24.8. The van der Waals surface area contributed by atoms with Crippen molar-refractivity contribution in [1.29, 1.82) is 0 Å². The lowest BCUT2D eigenvalue weighted by Gasteiger charge is -2.26. The Hall–Kier alpha value is -1.32. The second-order valence-corrected chi connectivity index (χ2v) is 4.07. The summed E-state index contributed by atoms with van der Waals surface area (Å²) in [6, 6.07) is -0.131. The van der Waals surface area contributed by atoms with Crippen molar-refractivity contribution in [3.63, 3.8) is 0 Å². The molecule has 0 saturated carbocycles. The van der Waals surface area contributed by atoms with Gasteiger partial charge in [0.05, 0.1) is 14.2 Å². The van der Waals surface area contributed by atoms with Crippen molar-refractivity contribution in [2.75, 3.05) is 14.2 Å². The zero-order valence-corrected chi connectivity index (χ0v) is 10.4. The van der Waals surface area contributed by atoms with E-state index in [1.165, 1.54) is 0 Å². The van der Waals surface area contributed by atoms with Crippen LogP contribution in [0.2, 0.25) is 0 Å². The highest BCUT2D eigenvalue weighted by atomic mass is 16.5. The maximum Gasteiger partial charge on any atom is 0.209 e. The van der Waals surface area contributed by atoms with Crippen molar-refractivity contribution >= 4 is 11.8 Å². The average Bonchev–Trinajstić information content (AvgIpc) is 2.28. The zero-order chi connectivity index (χ0) is 12.1. The van der Waals surface area contributed by atoms with E-state index in [1.807, 2.05) is 6.08 Å². The number of ether oxygens (including phenoxy) is 2. The molecule has 0 aromatic heterocycles. The Labute approximate surface area is 97.1 Å². The molecule has 0 amide bonds. The quantitative estimate of drug-likeness (QED) is 0.689. The van der Waals surface area contributed by atoms with Crippen molar-refractivity contribution in [3.05, 3.63) is 12.7 Å². The Balaban J connectivity index is 2.96. The Morgan fingerprint density at radius 1 is 1.25 bits per heavy atom. The van der Waals surface area contributed by atoms with E-state index in [1.54, 1.807) is 14.2 Å². The second kappa shape index (κ2) is 5.68. The van der Waals surface area contributed by atoms with Gasteiger partial charge in [0.2, 0.25) is 11.8 Å². The smallest absolute Gasteiger partial charge is 0.209 e. The predicted molar refractivity (Wildman–Crippen MR) is 66.1 cm³/mol. The highest BCUT2D eigenvalue weighted by Crippen LogP contribution is 2.18. The van der Waals surface area contributed by atoms with Crippen LogP contribution in [0.5, 0.6) is 0 Å². The Bertz CT molecular complexity index is 308. The van der Waals surface area contributed by atoms with E-state index in [-0.39, 0.29) is 12.1 Å². The van der Waals surface area contributed by atoms with E-state index in [4.69, 9.17) is 9.47 Å². The van der Waals surface area contributed by atoms with Crippen molar-refractivity contribution in [2.45, 2.75) is 32.4 Å². The van der Waals surface area contributed by atoms with Crippen molar-refractivity contribution in [2.24, 2.45) is 15.9 Å². The number of methoxy groups -OCH3 is 2. The van der Waals surface area contributed by atoms with E-state index in [0.29, 0.717) is 24.1 Å².